The van der Waals surface area contributed by atoms with Crippen LogP contribution in [0, 0.1) is 0 Å². The predicted octanol–water partition coefficient (Wildman–Crippen LogP) is 1.65. The second-order valence-corrected chi connectivity index (χ2v) is 4.90. The van der Waals surface area contributed by atoms with Crippen LogP contribution in [0.15, 0.2) is 29.2 Å². The second-order valence-electron chi connectivity index (χ2n) is 4.52. The summed E-state index contributed by atoms with van der Waals surface area (Å²) in [6.45, 7) is -0.936. The minimum absolute atomic E-state index is 0.137. The Kier molecular flexibility index (Phi) is 4.89. The molecule has 2 heterocycles. The minimum atomic E-state index is -3.35. The Bertz CT molecular complexity index is 768. The first-order valence-electron chi connectivity index (χ1n) is 6.33. The molecule has 2 rings (SSSR count). The maximum atomic E-state index is 14.0. The fourth-order valence-corrected chi connectivity index (χ4v) is 1.91. The second kappa shape index (κ2) is 6.69. The van der Waals surface area contributed by atoms with Crippen molar-refractivity contribution >= 4 is 23.4 Å². The average molecular weight is 345 g/mol. The van der Waals surface area contributed by atoms with Crippen LogP contribution in [0.4, 0.5) is 14.6 Å². The Hall–Kier alpha value is -2.55. The highest BCUT2D eigenvalue weighted by Crippen LogP contribution is 2.25. The normalized spacial score (nSPS) is 11.3. The number of hydrogen-bond acceptors (Lipinski definition) is 5. The predicted molar refractivity (Wildman–Crippen MR) is 77.8 cm³/mol. The van der Waals surface area contributed by atoms with E-state index in [0.29, 0.717) is 0 Å². The van der Waals surface area contributed by atoms with E-state index in [9.17, 15) is 18.4 Å². The van der Waals surface area contributed by atoms with Gasteiger partial charge in [-0.25, -0.2) is 4.98 Å². The quantitative estimate of drug-likeness (QED) is 0.735. The number of H-pyrrole nitrogens is 1. The van der Waals surface area contributed by atoms with E-state index in [2.05, 4.69) is 20.3 Å². The third-order valence-corrected chi connectivity index (χ3v) is 3.09. The van der Waals surface area contributed by atoms with Gasteiger partial charge >= 0.3 is 11.9 Å². The number of carbonyl (C=O) groups is 1. The molecule has 10 heteroatoms. The zero-order chi connectivity index (χ0) is 17.0. The van der Waals surface area contributed by atoms with Crippen LogP contribution in [0.1, 0.15) is 11.4 Å². The Morgan fingerprint density at radius 2 is 2.17 bits per heavy atom. The summed E-state index contributed by atoms with van der Waals surface area (Å²) in [4.78, 5) is 31.7. The molecule has 0 aliphatic carbocycles. The molecule has 0 atom stereocenters. The van der Waals surface area contributed by atoms with Gasteiger partial charge in [-0.3, -0.25) is 14.6 Å². The number of carboxylic acids is 1. The first kappa shape index (κ1) is 16.8. The zero-order valence-electron chi connectivity index (χ0n) is 11.5. The van der Waals surface area contributed by atoms with Crippen LogP contribution < -0.4 is 10.9 Å². The van der Waals surface area contributed by atoms with Gasteiger partial charge in [0.25, 0.3) is 5.56 Å². The fraction of sp³-hybridized carbons (Fsp3) is 0.231. The van der Waals surface area contributed by atoms with Crippen molar-refractivity contribution in [2.45, 2.75) is 12.3 Å². The number of pyridine rings is 1. The van der Waals surface area contributed by atoms with E-state index in [4.69, 9.17) is 16.7 Å². The first-order chi connectivity index (χ1) is 10.8. The molecule has 2 aromatic heterocycles. The monoisotopic (exact) mass is 344 g/mol. The summed E-state index contributed by atoms with van der Waals surface area (Å²) in [5.74, 6) is -5.01. The summed E-state index contributed by atoms with van der Waals surface area (Å²) in [5, 5.41) is 10.7. The lowest BCUT2D eigenvalue weighted by Crippen LogP contribution is -2.29. The minimum Gasteiger partial charge on any atom is -0.481 e. The van der Waals surface area contributed by atoms with E-state index in [-0.39, 0.29) is 10.8 Å². The molecule has 122 valence electrons. The van der Waals surface area contributed by atoms with E-state index in [1.54, 1.807) is 0 Å². The van der Waals surface area contributed by atoms with Gasteiger partial charge in [-0.1, -0.05) is 17.7 Å². The largest absolute Gasteiger partial charge is 0.481 e. The Morgan fingerprint density at radius 1 is 1.43 bits per heavy atom. The van der Waals surface area contributed by atoms with Crippen molar-refractivity contribution in [3.63, 3.8) is 0 Å². The Labute approximate surface area is 133 Å². The van der Waals surface area contributed by atoms with Gasteiger partial charge in [-0.15, -0.1) is 0 Å². The molecule has 3 N–H and O–H groups in total. The third-order valence-electron chi connectivity index (χ3n) is 2.77. The maximum absolute atomic E-state index is 14.0. The van der Waals surface area contributed by atoms with Crippen LogP contribution in [0.3, 0.4) is 0 Å². The molecule has 0 aliphatic rings. The Morgan fingerprint density at radius 3 is 2.78 bits per heavy atom. The van der Waals surface area contributed by atoms with Gasteiger partial charge in [-0.2, -0.15) is 8.78 Å². The van der Waals surface area contributed by atoms with E-state index >= 15 is 0 Å². The molecule has 0 saturated heterocycles. The number of halogens is 3. The number of aliphatic carboxylic acids is 1. The molecule has 0 bridgehead atoms. The number of alkyl halides is 2. The van der Waals surface area contributed by atoms with Crippen LogP contribution in [0.5, 0.6) is 0 Å². The fourth-order valence-electron chi connectivity index (χ4n) is 1.71. The summed E-state index contributed by atoms with van der Waals surface area (Å²) in [7, 11) is 0. The summed E-state index contributed by atoms with van der Waals surface area (Å²) in [6, 6.07) is 4.06. The number of aromatic amines is 1. The zero-order valence-corrected chi connectivity index (χ0v) is 12.3. The van der Waals surface area contributed by atoms with Gasteiger partial charge < -0.3 is 15.4 Å². The van der Waals surface area contributed by atoms with Gasteiger partial charge in [0, 0.05) is 6.20 Å². The van der Waals surface area contributed by atoms with Crippen LogP contribution >= 0.6 is 11.6 Å². The smallest absolute Gasteiger partial charge is 0.309 e. The number of nitrogens with one attached hydrogen (secondary N) is 2. The summed E-state index contributed by atoms with van der Waals surface area (Å²) in [6.07, 6.45) is 0.669. The molecular weight excluding hydrogens is 334 g/mol. The summed E-state index contributed by atoms with van der Waals surface area (Å²) < 4.78 is 28.0. The molecule has 0 amide bonds. The lowest BCUT2D eigenvalue weighted by Gasteiger charge is -2.16. The molecule has 23 heavy (non-hydrogen) atoms. The van der Waals surface area contributed by atoms with Crippen LogP contribution in [0.25, 0.3) is 0 Å². The van der Waals surface area contributed by atoms with Gasteiger partial charge in [0.15, 0.2) is 5.82 Å². The maximum Gasteiger partial charge on any atom is 0.309 e. The number of aromatic nitrogens is 3. The van der Waals surface area contributed by atoms with Crippen molar-refractivity contribution in [2.75, 3.05) is 11.9 Å². The number of nitrogens with zero attached hydrogens (tertiary/aromatic N) is 2. The number of carboxylic acid groups (broad SMARTS) is 1. The van der Waals surface area contributed by atoms with Crippen LogP contribution in [-0.2, 0) is 17.1 Å². The van der Waals surface area contributed by atoms with Gasteiger partial charge in [0.05, 0.1) is 18.7 Å². The first-order valence-corrected chi connectivity index (χ1v) is 6.71. The van der Waals surface area contributed by atoms with Crippen molar-refractivity contribution < 1.29 is 18.7 Å². The van der Waals surface area contributed by atoms with Crippen LogP contribution in [0.2, 0.25) is 5.15 Å². The lowest BCUT2D eigenvalue weighted by atomic mass is 10.2. The van der Waals surface area contributed by atoms with E-state index in [0.717, 1.165) is 6.07 Å². The molecule has 0 saturated carbocycles. The average Bonchev–Trinajstić information content (AvgIpc) is 2.49. The molecule has 0 aliphatic heterocycles. The number of hydrogen-bond donors (Lipinski definition) is 3. The van der Waals surface area contributed by atoms with E-state index in [1.165, 1.54) is 18.3 Å². The molecule has 0 fully saturated rings. The summed E-state index contributed by atoms with van der Waals surface area (Å²) in [5.41, 5.74) is -1.44. The molecule has 0 unspecified atom stereocenters. The van der Waals surface area contributed by atoms with Crippen molar-refractivity contribution in [1.82, 2.24) is 15.0 Å². The Balaban J connectivity index is 2.20. The van der Waals surface area contributed by atoms with E-state index in [1.807, 2.05) is 0 Å². The highest BCUT2D eigenvalue weighted by atomic mass is 35.5. The molecule has 0 aromatic carbocycles. The topological polar surface area (TPSA) is 108 Å². The molecule has 0 radical (unpaired) electrons. The van der Waals surface area contributed by atoms with Gasteiger partial charge in [-0.05, 0) is 12.1 Å². The SMILES string of the molecule is O=C(O)Cc1nc(NCC(F)(F)c2ccccn2)c(=O)[nH]c1Cl. The molecule has 7 nitrogen and oxygen atoms in total. The molecule has 0 spiro atoms. The lowest BCUT2D eigenvalue weighted by molar-refractivity contribution is -0.136. The third kappa shape index (κ3) is 4.22. The van der Waals surface area contributed by atoms with E-state index < -0.39 is 41.9 Å². The van der Waals surface area contributed by atoms with Crippen molar-refractivity contribution in [3.8, 4) is 0 Å². The highest BCUT2D eigenvalue weighted by Gasteiger charge is 2.33. The highest BCUT2D eigenvalue weighted by molar-refractivity contribution is 6.30. The van der Waals surface area contributed by atoms with Crippen molar-refractivity contribution in [2.24, 2.45) is 0 Å². The van der Waals surface area contributed by atoms with Crippen molar-refractivity contribution in [1.29, 1.82) is 0 Å². The molecular formula is C13H11ClF2N4O3. The number of anilines is 1. The van der Waals surface area contributed by atoms with Gasteiger partial charge in [0.2, 0.25) is 0 Å². The van der Waals surface area contributed by atoms with Gasteiger partial charge in [0.1, 0.15) is 10.8 Å². The number of rotatable bonds is 6. The van der Waals surface area contributed by atoms with Crippen LogP contribution in [-0.4, -0.2) is 32.6 Å². The standard InChI is InChI=1S/C13H11ClF2N4O3/c14-10-7(5-9(21)22)19-11(12(23)20-10)18-6-13(15,16)8-3-1-2-4-17-8/h1-4H,5-6H2,(H,18,19)(H,20,23)(H,21,22). The van der Waals surface area contributed by atoms with Crippen molar-refractivity contribution in [3.05, 3.63) is 51.3 Å². The summed E-state index contributed by atoms with van der Waals surface area (Å²) >= 11 is 5.66. The molecule has 2 aromatic rings.